The maximum Gasteiger partial charge on any atom is 0.311 e. The lowest BCUT2D eigenvalue weighted by Gasteiger charge is -2.21. The topological polar surface area (TPSA) is 52.2 Å². The lowest BCUT2D eigenvalue weighted by molar-refractivity contribution is 0.0976. The van der Waals surface area contributed by atoms with E-state index in [9.17, 15) is 9.36 Å². The Hall–Kier alpha value is 1.03. The van der Waals surface area contributed by atoms with Crippen LogP contribution in [0.2, 0.25) is 0 Å². The molecule has 0 spiro atoms. The van der Waals surface area contributed by atoms with E-state index in [0.717, 1.165) is 36.9 Å². The van der Waals surface area contributed by atoms with Gasteiger partial charge in [0, 0.05) is 36.9 Å². The van der Waals surface area contributed by atoms with Crippen molar-refractivity contribution in [2.45, 2.75) is 0 Å². The van der Waals surface area contributed by atoms with Gasteiger partial charge in [-0.2, -0.15) is 0 Å². The number of benzene rings is 1. The number of nitrogens with zero attached hydrogens (tertiary/aromatic N) is 2. The Morgan fingerprint density at radius 1 is 1.00 bits per heavy atom. The molecule has 9 heteroatoms. The summed E-state index contributed by atoms with van der Waals surface area (Å²) in [5, 5.41) is 2.78. The summed E-state index contributed by atoms with van der Waals surface area (Å²) in [4.78, 5) is 12.5. The smallest absolute Gasteiger partial charge is 0.279 e. The summed E-state index contributed by atoms with van der Waals surface area (Å²) in [7, 11) is -2.85. The quantitative estimate of drug-likeness (QED) is 0.241. The highest BCUT2D eigenvalue weighted by atomic mass is 127. The van der Waals surface area contributed by atoms with Gasteiger partial charge in [0.15, 0.2) is 0 Å². The van der Waals surface area contributed by atoms with Gasteiger partial charge in [-0.1, -0.05) is 0 Å². The molecule has 20 heavy (non-hydrogen) atoms. The standard InChI is InChI=1S/C11H11I3N3O2P/c12-8-6-10(14)9(13)5-7(8)11(18)15-20(19,16-1-2-16)17-3-4-17/h5-6H,1-4H2,(H,15,18,19). The van der Waals surface area contributed by atoms with E-state index < -0.39 is 7.59 Å². The van der Waals surface area contributed by atoms with Gasteiger partial charge in [-0.05, 0) is 79.9 Å². The van der Waals surface area contributed by atoms with Crippen LogP contribution >= 0.6 is 75.4 Å². The van der Waals surface area contributed by atoms with Crippen LogP contribution in [0.25, 0.3) is 0 Å². The third-order valence-electron chi connectivity index (χ3n) is 3.12. The van der Waals surface area contributed by atoms with E-state index >= 15 is 0 Å². The minimum Gasteiger partial charge on any atom is -0.279 e. The maximum atomic E-state index is 12.9. The number of hydrogen-bond donors (Lipinski definition) is 1. The highest BCUT2D eigenvalue weighted by Gasteiger charge is 2.49. The normalized spacial score (nSPS) is 18.9. The molecule has 0 bridgehead atoms. The lowest BCUT2D eigenvalue weighted by atomic mass is 10.2. The third kappa shape index (κ3) is 3.19. The molecule has 1 aromatic carbocycles. The zero-order valence-corrected chi connectivity index (χ0v) is 17.6. The van der Waals surface area contributed by atoms with E-state index in [1.54, 1.807) is 0 Å². The van der Waals surface area contributed by atoms with Crippen LogP contribution in [-0.4, -0.2) is 41.4 Å². The lowest BCUT2D eigenvalue weighted by Crippen LogP contribution is -2.28. The van der Waals surface area contributed by atoms with Gasteiger partial charge in [-0.15, -0.1) is 0 Å². The Kier molecular flexibility index (Phi) is 4.70. The molecule has 1 amide bonds. The number of halogens is 3. The zero-order valence-electron chi connectivity index (χ0n) is 10.3. The van der Waals surface area contributed by atoms with E-state index in [4.69, 9.17) is 0 Å². The molecular weight excluding hydrogens is 618 g/mol. The van der Waals surface area contributed by atoms with Gasteiger partial charge in [-0.3, -0.25) is 14.4 Å². The number of carbonyl (C=O) groups is 1. The monoisotopic (exact) mass is 629 g/mol. The number of nitrogens with one attached hydrogen (secondary N) is 1. The summed E-state index contributed by atoms with van der Waals surface area (Å²) in [6.07, 6.45) is 0. The van der Waals surface area contributed by atoms with Crippen molar-refractivity contribution < 1.29 is 9.36 Å². The van der Waals surface area contributed by atoms with Gasteiger partial charge >= 0.3 is 7.59 Å². The molecule has 2 fully saturated rings. The molecule has 2 aliphatic heterocycles. The van der Waals surface area contributed by atoms with E-state index in [0.29, 0.717) is 5.56 Å². The highest BCUT2D eigenvalue weighted by Crippen LogP contribution is 2.56. The second-order valence-electron chi connectivity index (χ2n) is 4.64. The van der Waals surface area contributed by atoms with Crippen molar-refractivity contribution >= 4 is 81.3 Å². The summed E-state index contributed by atoms with van der Waals surface area (Å²) in [6, 6.07) is 3.83. The van der Waals surface area contributed by atoms with Crippen molar-refractivity contribution in [3.05, 3.63) is 28.4 Å². The molecule has 2 aliphatic rings. The minimum atomic E-state index is -2.85. The Morgan fingerprint density at radius 2 is 1.50 bits per heavy atom. The van der Waals surface area contributed by atoms with Gasteiger partial charge < -0.3 is 0 Å². The van der Waals surface area contributed by atoms with Crippen molar-refractivity contribution in [1.29, 1.82) is 0 Å². The van der Waals surface area contributed by atoms with Crippen LogP contribution < -0.4 is 5.09 Å². The first-order chi connectivity index (χ1) is 9.41. The number of hydrogen-bond acceptors (Lipinski definition) is 2. The summed E-state index contributed by atoms with van der Waals surface area (Å²) in [6.45, 7) is 3.20. The molecule has 0 radical (unpaired) electrons. The molecule has 1 aromatic rings. The Morgan fingerprint density at radius 3 is 2.00 bits per heavy atom. The van der Waals surface area contributed by atoms with Crippen LogP contribution in [0.4, 0.5) is 0 Å². The Bertz CT molecular complexity index is 616. The van der Waals surface area contributed by atoms with Crippen molar-refractivity contribution in [3.63, 3.8) is 0 Å². The van der Waals surface area contributed by atoms with E-state index in [-0.39, 0.29) is 5.91 Å². The predicted octanol–water partition coefficient (Wildman–Crippen LogP) is 2.97. The predicted molar refractivity (Wildman–Crippen MR) is 103 cm³/mol. The summed E-state index contributed by atoms with van der Waals surface area (Å²) in [5.74, 6) is -0.245. The maximum absolute atomic E-state index is 12.9. The van der Waals surface area contributed by atoms with Crippen molar-refractivity contribution in [2.24, 2.45) is 0 Å². The molecule has 0 unspecified atom stereocenters. The fourth-order valence-electron chi connectivity index (χ4n) is 1.84. The van der Waals surface area contributed by atoms with E-state index in [1.807, 2.05) is 21.5 Å². The average Bonchev–Trinajstić information content (AvgIpc) is 3.26. The fourth-order valence-corrected chi connectivity index (χ4v) is 6.37. The average molecular weight is 629 g/mol. The molecule has 0 atom stereocenters. The highest BCUT2D eigenvalue weighted by molar-refractivity contribution is 14.1. The van der Waals surface area contributed by atoms with Crippen LogP contribution in [0, 0.1) is 10.7 Å². The molecular formula is C11H11I3N3O2P. The van der Waals surface area contributed by atoms with Crippen LogP contribution in [0.15, 0.2) is 12.1 Å². The number of carbonyl (C=O) groups excluding carboxylic acids is 1. The zero-order chi connectivity index (χ0) is 14.5. The first kappa shape index (κ1) is 15.9. The first-order valence-corrected chi connectivity index (χ1v) is 10.8. The molecule has 3 rings (SSSR count). The second-order valence-corrected chi connectivity index (χ2v) is 10.6. The molecule has 0 aliphatic carbocycles. The van der Waals surface area contributed by atoms with E-state index in [1.165, 1.54) is 0 Å². The van der Waals surface area contributed by atoms with Crippen LogP contribution in [0.5, 0.6) is 0 Å². The molecule has 0 aromatic heterocycles. The second kappa shape index (κ2) is 5.91. The minimum absolute atomic E-state index is 0.245. The van der Waals surface area contributed by atoms with Crippen LogP contribution in [-0.2, 0) is 4.57 Å². The summed E-state index contributed by atoms with van der Waals surface area (Å²) >= 11 is 6.60. The first-order valence-electron chi connectivity index (χ1n) is 6.00. The largest absolute Gasteiger partial charge is 0.311 e. The van der Waals surface area contributed by atoms with Gasteiger partial charge in [-0.25, -0.2) is 9.34 Å². The summed E-state index contributed by atoms with van der Waals surface area (Å²) < 4.78 is 19.6. The Labute approximate surface area is 158 Å². The van der Waals surface area contributed by atoms with Gasteiger partial charge in [0.1, 0.15) is 0 Å². The van der Waals surface area contributed by atoms with E-state index in [2.05, 4.69) is 72.9 Å². The molecule has 0 saturated carbocycles. The summed E-state index contributed by atoms with van der Waals surface area (Å²) in [5.41, 5.74) is 0.597. The Balaban J connectivity index is 1.86. The number of rotatable bonds is 4. The molecule has 1 N–H and O–H groups in total. The van der Waals surface area contributed by atoms with Crippen LogP contribution in [0.1, 0.15) is 10.4 Å². The van der Waals surface area contributed by atoms with Crippen LogP contribution in [0.3, 0.4) is 0 Å². The molecule has 5 nitrogen and oxygen atoms in total. The SMILES string of the molecule is O=C(NP(=O)(N1CC1)N1CC1)c1cc(I)c(I)cc1I. The van der Waals surface area contributed by atoms with Gasteiger partial charge in [0.05, 0.1) is 5.56 Å². The third-order valence-corrected chi connectivity index (χ3v) is 9.65. The number of amides is 1. The van der Waals surface area contributed by atoms with Gasteiger partial charge in [0.25, 0.3) is 5.91 Å². The molecule has 108 valence electrons. The molecule has 2 heterocycles. The van der Waals surface area contributed by atoms with Crippen molar-refractivity contribution in [1.82, 2.24) is 14.4 Å². The fraction of sp³-hybridized carbons (Fsp3) is 0.364. The van der Waals surface area contributed by atoms with Crippen molar-refractivity contribution in [2.75, 3.05) is 26.2 Å². The van der Waals surface area contributed by atoms with Crippen molar-refractivity contribution in [3.8, 4) is 0 Å². The van der Waals surface area contributed by atoms with Gasteiger partial charge in [0.2, 0.25) is 0 Å². The molecule has 2 saturated heterocycles.